The van der Waals surface area contributed by atoms with Crippen molar-refractivity contribution >= 4 is 17.6 Å². The molecular formula is C25H28FN5O3. The molecule has 1 aliphatic rings. The Kier molecular flexibility index (Phi) is 6.54. The molecule has 0 bridgehead atoms. The number of halogens is 1. The summed E-state index contributed by atoms with van der Waals surface area (Å²) in [5.74, 6) is 0.804. The average molecular weight is 466 g/mol. The van der Waals surface area contributed by atoms with Crippen LogP contribution in [0.3, 0.4) is 0 Å². The highest BCUT2D eigenvalue weighted by molar-refractivity contribution is 5.71. The Hall–Kier alpha value is -3.88. The predicted octanol–water partition coefficient (Wildman–Crippen LogP) is 4.71. The van der Waals surface area contributed by atoms with Gasteiger partial charge in [0.25, 0.3) is 0 Å². The lowest BCUT2D eigenvalue weighted by molar-refractivity contribution is 0.0240. The molecule has 0 aliphatic carbocycles. The molecule has 1 fully saturated rings. The van der Waals surface area contributed by atoms with Crippen LogP contribution in [0.25, 0.3) is 11.1 Å². The fourth-order valence-electron chi connectivity index (χ4n) is 3.58. The second-order valence-electron chi connectivity index (χ2n) is 9.02. The summed E-state index contributed by atoms with van der Waals surface area (Å²) in [5.41, 5.74) is 6.91. The number of hydrogen-bond donors (Lipinski definition) is 1. The minimum Gasteiger partial charge on any atom is -0.454 e. The number of carbonyl (C=O) groups excluding carboxylic acids is 1. The lowest BCUT2D eigenvalue weighted by Gasteiger charge is -2.36. The SMILES string of the molecule is CC(C)(C)OC(=O)N1CCN(c2ccc(-c3cnccc3Oc3ccc(N)cc3F)cn2)CC1. The highest BCUT2D eigenvalue weighted by Gasteiger charge is 2.26. The summed E-state index contributed by atoms with van der Waals surface area (Å²) in [6.45, 7) is 8.01. The van der Waals surface area contributed by atoms with Crippen LogP contribution in [-0.4, -0.2) is 52.7 Å². The van der Waals surface area contributed by atoms with E-state index in [0.29, 0.717) is 43.2 Å². The molecule has 1 amide bonds. The molecule has 3 aromatic rings. The van der Waals surface area contributed by atoms with Crippen LogP contribution in [0.15, 0.2) is 55.0 Å². The molecule has 9 heteroatoms. The van der Waals surface area contributed by atoms with E-state index >= 15 is 0 Å². The van der Waals surface area contributed by atoms with E-state index in [-0.39, 0.29) is 11.8 Å². The maximum atomic E-state index is 14.2. The van der Waals surface area contributed by atoms with Crippen LogP contribution < -0.4 is 15.4 Å². The standard InChI is InChI=1S/C25H28FN5O3/c1-25(2,3)34-24(32)31-12-10-30(11-13-31)23-7-4-17(15-29-23)19-16-28-9-8-21(19)33-22-6-5-18(27)14-20(22)26/h4-9,14-16H,10-13,27H2,1-3H3. The summed E-state index contributed by atoms with van der Waals surface area (Å²) >= 11 is 0. The number of amides is 1. The molecule has 0 saturated carbocycles. The van der Waals surface area contributed by atoms with E-state index in [1.807, 2.05) is 32.9 Å². The molecule has 34 heavy (non-hydrogen) atoms. The topological polar surface area (TPSA) is 93.8 Å². The number of nitrogen functional groups attached to an aromatic ring is 1. The summed E-state index contributed by atoms with van der Waals surface area (Å²) < 4.78 is 25.5. The molecule has 0 radical (unpaired) electrons. The lowest BCUT2D eigenvalue weighted by atomic mass is 10.1. The Morgan fingerprint density at radius 2 is 1.79 bits per heavy atom. The van der Waals surface area contributed by atoms with E-state index < -0.39 is 11.4 Å². The summed E-state index contributed by atoms with van der Waals surface area (Å²) in [4.78, 5) is 24.9. The summed E-state index contributed by atoms with van der Waals surface area (Å²) in [6, 6.07) is 9.81. The van der Waals surface area contributed by atoms with Gasteiger partial charge in [0.1, 0.15) is 17.2 Å². The fourth-order valence-corrected chi connectivity index (χ4v) is 3.58. The van der Waals surface area contributed by atoms with Crippen molar-refractivity contribution in [2.45, 2.75) is 26.4 Å². The summed E-state index contributed by atoms with van der Waals surface area (Å²) in [6.07, 6.45) is 4.68. The molecule has 0 spiro atoms. The van der Waals surface area contributed by atoms with Crippen LogP contribution in [0.4, 0.5) is 20.7 Å². The molecule has 2 N–H and O–H groups in total. The second kappa shape index (κ2) is 9.54. The third kappa shape index (κ3) is 5.54. The molecular weight excluding hydrogens is 437 g/mol. The first kappa shape index (κ1) is 23.3. The zero-order valence-corrected chi connectivity index (χ0v) is 19.5. The van der Waals surface area contributed by atoms with Crippen molar-refractivity contribution in [1.82, 2.24) is 14.9 Å². The Bertz CT molecular complexity index is 1160. The molecule has 178 valence electrons. The van der Waals surface area contributed by atoms with E-state index in [4.69, 9.17) is 15.2 Å². The minimum absolute atomic E-state index is 0.0779. The number of rotatable bonds is 4. The van der Waals surface area contributed by atoms with Gasteiger partial charge in [-0.3, -0.25) is 4.98 Å². The van der Waals surface area contributed by atoms with Crippen molar-refractivity contribution < 1.29 is 18.7 Å². The van der Waals surface area contributed by atoms with Gasteiger partial charge in [0.15, 0.2) is 11.6 Å². The van der Waals surface area contributed by atoms with Crippen molar-refractivity contribution in [2.75, 3.05) is 36.8 Å². The first-order valence-corrected chi connectivity index (χ1v) is 11.1. The van der Waals surface area contributed by atoms with E-state index in [2.05, 4.69) is 14.9 Å². The molecule has 2 aromatic heterocycles. The number of benzene rings is 1. The highest BCUT2D eigenvalue weighted by atomic mass is 19.1. The number of carbonyl (C=O) groups is 1. The van der Waals surface area contributed by atoms with Crippen LogP contribution in [-0.2, 0) is 4.74 Å². The number of nitrogens with two attached hydrogens (primary N) is 1. The number of anilines is 2. The van der Waals surface area contributed by atoms with Gasteiger partial charge in [-0.15, -0.1) is 0 Å². The van der Waals surface area contributed by atoms with Gasteiger partial charge in [-0.05, 0) is 51.1 Å². The second-order valence-corrected chi connectivity index (χ2v) is 9.02. The number of piperazine rings is 1. The molecule has 1 aromatic carbocycles. The van der Waals surface area contributed by atoms with Gasteiger partial charge in [0.2, 0.25) is 0 Å². The molecule has 3 heterocycles. The Balaban J connectivity index is 1.44. The number of nitrogens with zero attached hydrogens (tertiary/aromatic N) is 4. The van der Waals surface area contributed by atoms with Crippen molar-refractivity contribution in [1.29, 1.82) is 0 Å². The van der Waals surface area contributed by atoms with Gasteiger partial charge in [0.05, 0.1) is 0 Å². The minimum atomic E-state index is -0.540. The van der Waals surface area contributed by atoms with Crippen LogP contribution in [0.5, 0.6) is 11.5 Å². The van der Waals surface area contributed by atoms with Gasteiger partial charge in [-0.2, -0.15) is 0 Å². The van der Waals surface area contributed by atoms with Crippen LogP contribution in [0.2, 0.25) is 0 Å². The molecule has 4 rings (SSSR count). The summed E-state index contributed by atoms with van der Waals surface area (Å²) in [5, 5.41) is 0. The largest absolute Gasteiger partial charge is 0.454 e. The van der Waals surface area contributed by atoms with Crippen molar-refractivity contribution in [3.8, 4) is 22.6 Å². The number of ether oxygens (including phenoxy) is 2. The zero-order valence-electron chi connectivity index (χ0n) is 19.5. The van der Waals surface area contributed by atoms with Gasteiger partial charge >= 0.3 is 6.09 Å². The van der Waals surface area contributed by atoms with Gasteiger partial charge in [-0.1, -0.05) is 0 Å². The smallest absolute Gasteiger partial charge is 0.410 e. The Morgan fingerprint density at radius 1 is 1.03 bits per heavy atom. The van der Waals surface area contributed by atoms with Gasteiger partial charge in [0, 0.05) is 67.7 Å². The number of aromatic nitrogens is 2. The van der Waals surface area contributed by atoms with Crippen molar-refractivity contribution in [3.63, 3.8) is 0 Å². The molecule has 1 saturated heterocycles. The van der Waals surface area contributed by atoms with Crippen molar-refractivity contribution in [2.24, 2.45) is 0 Å². The van der Waals surface area contributed by atoms with Crippen LogP contribution >= 0.6 is 0 Å². The van der Waals surface area contributed by atoms with E-state index in [1.165, 1.54) is 12.1 Å². The molecule has 1 aliphatic heterocycles. The third-order valence-electron chi connectivity index (χ3n) is 5.27. The lowest BCUT2D eigenvalue weighted by Crippen LogP contribution is -2.50. The normalized spacial score (nSPS) is 14.1. The molecule has 0 atom stereocenters. The maximum absolute atomic E-state index is 14.2. The summed E-state index contributed by atoms with van der Waals surface area (Å²) in [7, 11) is 0. The highest BCUT2D eigenvalue weighted by Crippen LogP contribution is 2.34. The Labute approximate surface area is 198 Å². The van der Waals surface area contributed by atoms with Gasteiger partial charge in [-0.25, -0.2) is 14.2 Å². The van der Waals surface area contributed by atoms with Crippen LogP contribution in [0.1, 0.15) is 20.8 Å². The fraction of sp³-hybridized carbons (Fsp3) is 0.320. The van der Waals surface area contributed by atoms with E-state index in [0.717, 1.165) is 11.4 Å². The van der Waals surface area contributed by atoms with Gasteiger partial charge < -0.3 is 25.0 Å². The average Bonchev–Trinajstić information content (AvgIpc) is 2.80. The quantitative estimate of drug-likeness (QED) is 0.558. The zero-order chi connectivity index (χ0) is 24.3. The Morgan fingerprint density at radius 3 is 2.44 bits per heavy atom. The third-order valence-corrected chi connectivity index (χ3v) is 5.27. The molecule has 0 unspecified atom stereocenters. The number of hydrogen-bond acceptors (Lipinski definition) is 7. The maximum Gasteiger partial charge on any atom is 0.410 e. The first-order chi connectivity index (χ1) is 16.2. The first-order valence-electron chi connectivity index (χ1n) is 11.1. The van der Waals surface area contributed by atoms with Crippen LogP contribution in [0, 0.1) is 5.82 Å². The monoisotopic (exact) mass is 465 g/mol. The predicted molar refractivity (Wildman–Crippen MR) is 128 cm³/mol. The van der Waals surface area contributed by atoms with Crippen molar-refractivity contribution in [3.05, 3.63) is 60.8 Å². The van der Waals surface area contributed by atoms with E-state index in [1.54, 1.807) is 35.6 Å². The number of pyridine rings is 2. The van der Waals surface area contributed by atoms with E-state index in [9.17, 15) is 9.18 Å². The molecule has 8 nitrogen and oxygen atoms in total.